The Morgan fingerprint density at radius 2 is 2.05 bits per heavy atom. The summed E-state index contributed by atoms with van der Waals surface area (Å²) in [4.78, 5) is 23.4. The van der Waals surface area contributed by atoms with E-state index < -0.39 is 5.97 Å². The molecule has 6 heteroatoms. The Morgan fingerprint density at radius 3 is 2.65 bits per heavy atom. The highest BCUT2D eigenvalue weighted by atomic mass is 16.4. The zero-order chi connectivity index (χ0) is 14.4. The Hall–Kier alpha value is -1.95. The van der Waals surface area contributed by atoms with Gasteiger partial charge in [0, 0.05) is 44.2 Å². The molecular weight excluding hydrogens is 256 g/mol. The molecule has 0 radical (unpaired) electrons. The SMILES string of the molecule is CN(CCN1CCCC1)c1ncc(/C=C/C(=O)O)cn1. The van der Waals surface area contributed by atoms with Crippen molar-refractivity contribution in [3.63, 3.8) is 0 Å². The summed E-state index contributed by atoms with van der Waals surface area (Å²) in [5, 5.41) is 8.55. The molecule has 0 aromatic carbocycles. The van der Waals surface area contributed by atoms with E-state index in [1.165, 1.54) is 32.0 Å². The minimum Gasteiger partial charge on any atom is -0.478 e. The van der Waals surface area contributed by atoms with Crippen LogP contribution in [0.4, 0.5) is 5.95 Å². The molecule has 1 aliphatic heterocycles. The summed E-state index contributed by atoms with van der Waals surface area (Å²) in [5.74, 6) is -0.312. The van der Waals surface area contributed by atoms with Crippen LogP contribution in [0.3, 0.4) is 0 Å². The lowest BCUT2D eigenvalue weighted by atomic mass is 10.3. The number of carboxylic acids is 1. The maximum atomic E-state index is 10.4. The molecule has 1 saturated heterocycles. The molecule has 2 heterocycles. The van der Waals surface area contributed by atoms with Crippen LogP contribution >= 0.6 is 0 Å². The van der Waals surface area contributed by atoms with Gasteiger partial charge in [0.15, 0.2) is 0 Å². The van der Waals surface area contributed by atoms with Crippen LogP contribution in [-0.4, -0.2) is 59.2 Å². The predicted molar refractivity (Wildman–Crippen MR) is 77.6 cm³/mol. The fourth-order valence-corrected chi connectivity index (χ4v) is 2.18. The number of hydrogen-bond donors (Lipinski definition) is 1. The van der Waals surface area contributed by atoms with Crippen LogP contribution in [0.2, 0.25) is 0 Å². The summed E-state index contributed by atoms with van der Waals surface area (Å²) >= 11 is 0. The van der Waals surface area contributed by atoms with Gasteiger partial charge in [-0.25, -0.2) is 14.8 Å². The second-order valence-electron chi connectivity index (χ2n) is 4.96. The van der Waals surface area contributed by atoms with Gasteiger partial charge in [0.25, 0.3) is 0 Å². The average Bonchev–Trinajstić information content (AvgIpc) is 2.96. The third-order valence-electron chi connectivity index (χ3n) is 3.37. The van der Waals surface area contributed by atoms with Gasteiger partial charge in [-0.2, -0.15) is 0 Å². The first-order valence-corrected chi connectivity index (χ1v) is 6.82. The Bertz CT molecular complexity index is 467. The predicted octanol–water partition coefficient (Wildman–Crippen LogP) is 1.11. The summed E-state index contributed by atoms with van der Waals surface area (Å²) in [6.45, 7) is 4.30. The molecule has 0 aliphatic carbocycles. The minimum absolute atomic E-state index is 0.664. The summed E-state index contributed by atoms with van der Waals surface area (Å²) in [6.07, 6.45) is 8.42. The monoisotopic (exact) mass is 276 g/mol. The van der Waals surface area contributed by atoms with Gasteiger partial charge in [0.2, 0.25) is 5.95 Å². The second-order valence-corrected chi connectivity index (χ2v) is 4.96. The standard InChI is InChI=1S/C14H20N4O2/c1-17(8-9-18-6-2-3-7-18)14-15-10-12(11-16-14)4-5-13(19)20/h4-5,10-11H,2-3,6-9H2,1H3,(H,19,20)/b5-4+. The maximum Gasteiger partial charge on any atom is 0.328 e. The first-order valence-electron chi connectivity index (χ1n) is 6.82. The van der Waals surface area contributed by atoms with E-state index in [-0.39, 0.29) is 0 Å². The van der Waals surface area contributed by atoms with Gasteiger partial charge in [-0.15, -0.1) is 0 Å². The molecule has 0 atom stereocenters. The molecule has 0 spiro atoms. The van der Waals surface area contributed by atoms with Gasteiger partial charge in [0.1, 0.15) is 0 Å². The van der Waals surface area contributed by atoms with Gasteiger partial charge >= 0.3 is 5.97 Å². The van der Waals surface area contributed by atoms with E-state index in [1.807, 2.05) is 11.9 Å². The number of hydrogen-bond acceptors (Lipinski definition) is 5. The normalized spacial score (nSPS) is 15.8. The van der Waals surface area contributed by atoms with E-state index >= 15 is 0 Å². The smallest absolute Gasteiger partial charge is 0.328 e. The Balaban J connectivity index is 1.86. The van der Waals surface area contributed by atoms with Gasteiger partial charge in [0.05, 0.1) is 0 Å². The molecule has 0 bridgehead atoms. The van der Waals surface area contributed by atoms with Crippen molar-refractivity contribution < 1.29 is 9.90 Å². The van der Waals surface area contributed by atoms with Crippen LogP contribution in [0.5, 0.6) is 0 Å². The molecule has 1 aromatic heterocycles. The number of likely N-dealkylation sites (tertiary alicyclic amines) is 1. The number of aliphatic carboxylic acids is 1. The molecular formula is C14H20N4O2. The van der Waals surface area contributed by atoms with Crippen molar-refractivity contribution in [1.82, 2.24) is 14.9 Å². The van der Waals surface area contributed by atoms with Crippen LogP contribution in [0.15, 0.2) is 18.5 Å². The van der Waals surface area contributed by atoms with E-state index in [9.17, 15) is 4.79 Å². The van der Waals surface area contributed by atoms with Crippen LogP contribution in [0.25, 0.3) is 6.08 Å². The fourth-order valence-electron chi connectivity index (χ4n) is 2.18. The minimum atomic E-state index is -0.975. The van der Waals surface area contributed by atoms with E-state index in [0.29, 0.717) is 11.5 Å². The van der Waals surface area contributed by atoms with Crippen molar-refractivity contribution in [3.05, 3.63) is 24.0 Å². The molecule has 2 rings (SSSR count). The molecule has 108 valence electrons. The number of nitrogens with zero attached hydrogens (tertiary/aromatic N) is 4. The molecule has 6 nitrogen and oxygen atoms in total. The Labute approximate surface area is 118 Å². The highest BCUT2D eigenvalue weighted by Gasteiger charge is 2.12. The summed E-state index contributed by atoms with van der Waals surface area (Å²) in [7, 11) is 1.97. The van der Waals surface area contributed by atoms with Crippen LogP contribution < -0.4 is 4.90 Å². The van der Waals surface area contributed by atoms with E-state index in [0.717, 1.165) is 19.2 Å². The van der Waals surface area contributed by atoms with E-state index in [4.69, 9.17) is 5.11 Å². The number of carbonyl (C=O) groups is 1. The van der Waals surface area contributed by atoms with Crippen molar-refractivity contribution in [3.8, 4) is 0 Å². The van der Waals surface area contributed by atoms with Gasteiger partial charge in [-0.3, -0.25) is 0 Å². The zero-order valence-electron chi connectivity index (χ0n) is 11.7. The summed E-state index contributed by atoms with van der Waals surface area (Å²) in [5.41, 5.74) is 0.684. The zero-order valence-corrected chi connectivity index (χ0v) is 11.7. The lowest BCUT2D eigenvalue weighted by Crippen LogP contribution is -2.32. The topological polar surface area (TPSA) is 69.6 Å². The van der Waals surface area contributed by atoms with Gasteiger partial charge < -0.3 is 14.9 Å². The van der Waals surface area contributed by atoms with Crippen molar-refractivity contribution in [2.24, 2.45) is 0 Å². The third-order valence-corrected chi connectivity index (χ3v) is 3.37. The summed E-state index contributed by atoms with van der Waals surface area (Å²) < 4.78 is 0. The fraction of sp³-hybridized carbons (Fsp3) is 0.500. The molecule has 0 saturated carbocycles. The molecule has 1 fully saturated rings. The number of rotatable bonds is 6. The number of anilines is 1. The quantitative estimate of drug-likeness (QED) is 0.785. The Morgan fingerprint density at radius 1 is 1.40 bits per heavy atom. The van der Waals surface area contributed by atoms with Crippen LogP contribution in [-0.2, 0) is 4.79 Å². The van der Waals surface area contributed by atoms with Crippen molar-refractivity contribution in [1.29, 1.82) is 0 Å². The van der Waals surface area contributed by atoms with Crippen LogP contribution in [0.1, 0.15) is 18.4 Å². The van der Waals surface area contributed by atoms with Crippen molar-refractivity contribution in [2.75, 3.05) is 38.1 Å². The molecule has 1 aliphatic rings. The summed E-state index contributed by atoms with van der Waals surface area (Å²) in [6, 6.07) is 0. The number of likely N-dealkylation sites (N-methyl/N-ethyl adjacent to an activating group) is 1. The first-order chi connectivity index (χ1) is 9.65. The molecule has 1 aromatic rings. The van der Waals surface area contributed by atoms with Gasteiger partial charge in [-0.05, 0) is 32.0 Å². The highest BCUT2D eigenvalue weighted by Crippen LogP contribution is 2.09. The number of carboxylic acid groups (broad SMARTS) is 1. The molecule has 20 heavy (non-hydrogen) atoms. The largest absolute Gasteiger partial charge is 0.478 e. The molecule has 0 unspecified atom stereocenters. The first kappa shape index (κ1) is 14.5. The lowest BCUT2D eigenvalue weighted by molar-refractivity contribution is -0.131. The van der Waals surface area contributed by atoms with E-state index in [2.05, 4.69) is 14.9 Å². The lowest BCUT2D eigenvalue weighted by Gasteiger charge is -2.21. The molecule has 1 N–H and O–H groups in total. The van der Waals surface area contributed by atoms with Crippen LogP contribution in [0, 0.1) is 0 Å². The third kappa shape index (κ3) is 4.31. The Kier molecular flexibility index (Phi) is 5.06. The molecule has 0 amide bonds. The maximum absolute atomic E-state index is 10.4. The highest BCUT2D eigenvalue weighted by molar-refractivity contribution is 5.85. The average molecular weight is 276 g/mol. The second kappa shape index (κ2) is 7.00. The van der Waals surface area contributed by atoms with Crippen molar-refractivity contribution in [2.45, 2.75) is 12.8 Å². The van der Waals surface area contributed by atoms with Crippen molar-refractivity contribution >= 4 is 18.0 Å². The van der Waals surface area contributed by atoms with E-state index in [1.54, 1.807) is 12.4 Å². The number of aromatic nitrogens is 2. The van der Waals surface area contributed by atoms with Gasteiger partial charge in [-0.1, -0.05) is 0 Å².